The second kappa shape index (κ2) is 9.27. The quantitative estimate of drug-likeness (QED) is 0.308. The summed E-state index contributed by atoms with van der Waals surface area (Å²) in [5.41, 5.74) is 6.56. The minimum atomic E-state index is -0.193. The van der Waals surface area contributed by atoms with E-state index in [4.69, 9.17) is 4.42 Å². The van der Waals surface area contributed by atoms with E-state index in [1.165, 1.54) is 0 Å². The summed E-state index contributed by atoms with van der Waals surface area (Å²) in [6.45, 7) is 3.96. The number of aromatic nitrogens is 1. The van der Waals surface area contributed by atoms with Crippen LogP contribution in [0.4, 0.5) is 11.4 Å². The number of nitrogens with zero attached hydrogens (tertiary/aromatic N) is 1. The van der Waals surface area contributed by atoms with Gasteiger partial charge >= 0.3 is 0 Å². The smallest absolute Gasteiger partial charge is 0.255 e. The second-order valence-electron chi connectivity index (χ2n) is 8.42. The summed E-state index contributed by atoms with van der Waals surface area (Å²) in [5.74, 6) is 0.0447. The molecule has 172 valence electrons. The van der Waals surface area contributed by atoms with Crippen LogP contribution in [-0.4, -0.2) is 16.8 Å². The summed E-state index contributed by atoms with van der Waals surface area (Å²) in [5, 5.41) is 5.81. The van der Waals surface area contributed by atoms with E-state index in [0.717, 1.165) is 16.7 Å². The third-order valence-electron chi connectivity index (χ3n) is 5.64. The highest BCUT2D eigenvalue weighted by Crippen LogP contribution is 2.28. The molecule has 0 aliphatic heterocycles. The van der Waals surface area contributed by atoms with Gasteiger partial charge in [0.15, 0.2) is 5.58 Å². The summed E-state index contributed by atoms with van der Waals surface area (Å²) in [7, 11) is 0. The molecule has 0 bridgehead atoms. The van der Waals surface area contributed by atoms with Gasteiger partial charge in [0.05, 0.1) is 0 Å². The third-order valence-corrected chi connectivity index (χ3v) is 5.64. The summed E-state index contributed by atoms with van der Waals surface area (Å²) in [6, 6.07) is 27.5. The van der Waals surface area contributed by atoms with Crippen LogP contribution in [0.3, 0.4) is 0 Å². The molecule has 2 amide bonds. The lowest BCUT2D eigenvalue weighted by Gasteiger charge is -2.06. The Balaban J connectivity index is 1.34. The van der Waals surface area contributed by atoms with Crippen LogP contribution in [0.15, 0.2) is 95.4 Å². The number of carbonyl (C=O) groups is 2. The van der Waals surface area contributed by atoms with E-state index < -0.39 is 0 Å². The minimum Gasteiger partial charge on any atom is -0.436 e. The molecule has 2 N–H and O–H groups in total. The van der Waals surface area contributed by atoms with Crippen molar-refractivity contribution < 1.29 is 14.0 Å². The van der Waals surface area contributed by atoms with Gasteiger partial charge in [-0.1, -0.05) is 41.5 Å². The predicted molar refractivity (Wildman–Crippen MR) is 138 cm³/mol. The summed E-state index contributed by atoms with van der Waals surface area (Å²) in [6.07, 6.45) is 0. The lowest BCUT2D eigenvalue weighted by atomic mass is 10.1. The first-order valence-electron chi connectivity index (χ1n) is 11.2. The molecule has 1 aromatic heterocycles. The maximum absolute atomic E-state index is 12.6. The van der Waals surface area contributed by atoms with E-state index in [1.807, 2.05) is 62.4 Å². The van der Waals surface area contributed by atoms with E-state index in [1.54, 1.807) is 42.5 Å². The fourth-order valence-electron chi connectivity index (χ4n) is 3.67. The van der Waals surface area contributed by atoms with Gasteiger partial charge in [0.1, 0.15) is 5.52 Å². The van der Waals surface area contributed by atoms with Crippen molar-refractivity contribution >= 4 is 34.3 Å². The fraction of sp³-hybridized carbons (Fsp3) is 0.0690. The number of hydrogen-bond donors (Lipinski definition) is 2. The molecule has 1 heterocycles. The topological polar surface area (TPSA) is 84.2 Å². The first-order chi connectivity index (χ1) is 16.9. The maximum Gasteiger partial charge on any atom is 0.255 e. The zero-order valence-electron chi connectivity index (χ0n) is 19.3. The van der Waals surface area contributed by atoms with Crippen LogP contribution >= 0.6 is 0 Å². The Labute approximate surface area is 202 Å². The lowest BCUT2D eigenvalue weighted by Crippen LogP contribution is -2.11. The monoisotopic (exact) mass is 461 g/mol. The first kappa shape index (κ1) is 22.1. The molecule has 6 heteroatoms. The number of aryl methyl sites for hydroxylation is 2. The molecule has 0 fully saturated rings. The number of anilines is 2. The van der Waals surface area contributed by atoms with Crippen LogP contribution in [0.1, 0.15) is 31.8 Å². The van der Waals surface area contributed by atoms with Gasteiger partial charge in [-0.3, -0.25) is 9.59 Å². The summed E-state index contributed by atoms with van der Waals surface area (Å²) < 4.78 is 5.98. The second-order valence-corrected chi connectivity index (χ2v) is 8.42. The molecule has 0 atom stereocenters. The molecule has 35 heavy (non-hydrogen) atoms. The van der Waals surface area contributed by atoms with E-state index >= 15 is 0 Å². The predicted octanol–water partition coefficient (Wildman–Crippen LogP) is 6.62. The molecular formula is C29H23N3O3. The standard InChI is InChI=1S/C29H23N3O3/c1-18-6-10-20(11-7-18)27(33)30-23-5-3-4-22(16-23)29-32-25-15-14-24(17-26(25)35-29)31-28(34)21-12-8-19(2)9-13-21/h3-17H,1-2H3,(H,30,33)(H,31,34). The molecule has 0 aliphatic rings. The van der Waals surface area contributed by atoms with E-state index in [9.17, 15) is 9.59 Å². The van der Waals surface area contributed by atoms with E-state index in [2.05, 4.69) is 15.6 Å². The first-order valence-corrected chi connectivity index (χ1v) is 11.2. The Morgan fingerprint density at radius 2 is 1.26 bits per heavy atom. The van der Waals surface area contributed by atoms with Crippen LogP contribution in [0.5, 0.6) is 0 Å². The molecule has 0 radical (unpaired) electrons. The van der Waals surface area contributed by atoms with Gasteiger partial charge in [-0.2, -0.15) is 0 Å². The molecule has 0 aliphatic carbocycles. The Morgan fingerprint density at radius 1 is 0.686 bits per heavy atom. The highest BCUT2D eigenvalue weighted by Gasteiger charge is 2.13. The van der Waals surface area contributed by atoms with Crippen LogP contribution in [0.25, 0.3) is 22.6 Å². The highest BCUT2D eigenvalue weighted by atomic mass is 16.3. The van der Waals surface area contributed by atoms with E-state index in [0.29, 0.717) is 39.5 Å². The molecule has 5 rings (SSSR count). The van der Waals surface area contributed by atoms with Crippen LogP contribution < -0.4 is 10.6 Å². The van der Waals surface area contributed by atoms with Gasteiger partial charge in [0.25, 0.3) is 11.8 Å². The van der Waals surface area contributed by atoms with Crippen LogP contribution in [0.2, 0.25) is 0 Å². The van der Waals surface area contributed by atoms with Crippen molar-refractivity contribution in [2.24, 2.45) is 0 Å². The van der Waals surface area contributed by atoms with Gasteiger partial charge in [-0.15, -0.1) is 0 Å². The van der Waals surface area contributed by atoms with Crippen molar-refractivity contribution in [3.05, 3.63) is 113 Å². The van der Waals surface area contributed by atoms with Gasteiger partial charge < -0.3 is 15.1 Å². The Kier molecular flexibility index (Phi) is 5.85. The lowest BCUT2D eigenvalue weighted by molar-refractivity contribution is 0.101. The fourth-order valence-corrected chi connectivity index (χ4v) is 3.67. The van der Waals surface area contributed by atoms with Crippen LogP contribution in [-0.2, 0) is 0 Å². The summed E-state index contributed by atoms with van der Waals surface area (Å²) in [4.78, 5) is 29.7. The largest absolute Gasteiger partial charge is 0.436 e. The minimum absolute atomic E-state index is 0.186. The van der Waals surface area contributed by atoms with Crippen LogP contribution in [0, 0.1) is 13.8 Å². The Bertz CT molecular complexity index is 1530. The zero-order valence-corrected chi connectivity index (χ0v) is 19.3. The SMILES string of the molecule is Cc1ccc(C(=O)Nc2cccc(-c3nc4ccc(NC(=O)c5ccc(C)cc5)cc4o3)c2)cc1. The molecule has 0 saturated carbocycles. The van der Waals surface area contributed by atoms with Crippen molar-refractivity contribution in [2.75, 3.05) is 10.6 Å². The number of benzene rings is 4. The number of nitrogens with one attached hydrogen (secondary N) is 2. The normalized spacial score (nSPS) is 10.8. The molecular weight excluding hydrogens is 438 g/mol. The highest BCUT2D eigenvalue weighted by molar-refractivity contribution is 6.05. The Hall–Kier alpha value is -4.71. The van der Waals surface area contributed by atoms with Gasteiger partial charge in [-0.05, 0) is 68.4 Å². The molecule has 6 nitrogen and oxygen atoms in total. The number of oxazole rings is 1. The van der Waals surface area contributed by atoms with Crippen molar-refractivity contribution in [1.82, 2.24) is 4.98 Å². The molecule has 0 spiro atoms. The van der Waals surface area contributed by atoms with Crippen molar-refractivity contribution in [2.45, 2.75) is 13.8 Å². The molecule has 0 unspecified atom stereocenters. The maximum atomic E-state index is 12.6. The Morgan fingerprint density at radius 3 is 1.86 bits per heavy atom. The number of fused-ring (bicyclic) bond motifs is 1. The number of amides is 2. The van der Waals surface area contributed by atoms with Gasteiger partial charge in [0, 0.05) is 34.1 Å². The number of carbonyl (C=O) groups excluding carboxylic acids is 2. The van der Waals surface area contributed by atoms with Gasteiger partial charge in [-0.25, -0.2) is 4.98 Å². The zero-order chi connectivity index (χ0) is 24.4. The van der Waals surface area contributed by atoms with Crippen molar-refractivity contribution in [3.63, 3.8) is 0 Å². The average molecular weight is 462 g/mol. The van der Waals surface area contributed by atoms with Crippen molar-refractivity contribution in [1.29, 1.82) is 0 Å². The molecule has 0 saturated heterocycles. The third kappa shape index (κ3) is 4.96. The van der Waals surface area contributed by atoms with E-state index in [-0.39, 0.29) is 11.8 Å². The molecule has 4 aromatic carbocycles. The molecule has 5 aromatic rings. The average Bonchev–Trinajstić information content (AvgIpc) is 3.28. The summed E-state index contributed by atoms with van der Waals surface area (Å²) >= 11 is 0. The number of hydrogen-bond acceptors (Lipinski definition) is 4. The van der Waals surface area contributed by atoms with Gasteiger partial charge in [0.2, 0.25) is 5.89 Å². The van der Waals surface area contributed by atoms with Crippen molar-refractivity contribution in [3.8, 4) is 11.5 Å². The number of rotatable bonds is 5.